The van der Waals surface area contributed by atoms with Crippen LogP contribution in [0.1, 0.15) is 23.1 Å². The molecule has 0 aliphatic carbocycles. The number of halogens is 1. The molecule has 1 saturated heterocycles. The Morgan fingerprint density at radius 2 is 1.96 bits per heavy atom. The fourth-order valence-electron chi connectivity index (χ4n) is 3.00. The summed E-state index contributed by atoms with van der Waals surface area (Å²) in [5.74, 6) is 0.0182. The zero-order valence-electron chi connectivity index (χ0n) is 14.9. The minimum atomic E-state index is -0.301. The van der Waals surface area contributed by atoms with Crippen LogP contribution in [0, 0.1) is 13.8 Å². The van der Waals surface area contributed by atoms with Crippen LogP contribution in [0.2, 0.25) is 5.02 Å². The van der Waals surface area contributed by atoms with Crippen LogP contribution >= 0.6 is 11.6 Å². The van der Waals surface area contributed by atoms with E-state index < -0.39 is 0 Å². The number of carbonyl (C=O) groups is 2. The predicted octanol–water partition coefficient (Wildman–Crippen LogP) is 3.56. The highest BCUT2D eigenvalue weighted by Crippen LogP contribution is 2.24. The molecule has 5 nitrogen and oxygen atoms in total. The summed E-state index contributed by atoms with van der Waals surface area (Å²) in [5, 5.41) is 6.27. The summed E-state index contributed by atoms with van der Waals surface area (Å²) in [6.07, 6.45) is 0.298. The van der Waals surface area contributed by atoms with Crippen molar-refractivity contribution in [2.24, 2.45) is 0 Å². The molecule has 3 amide bonds. The zero-order chi connectivity index (χ0) is 18.7. The molecule has 0 saturated carbocycles. The Hall–Kier alpha value is -2.53. The van der Waals surface area contributed by atoms with E-state index in [1.54, 1.807) is 11.0 Å². The Bertz CT molecular complexity index is 838. The van der Waals surface area contributed by atoms with Gasteiger partial charge in [-0.05, 0) is 48.7 Å². The van der Waals surface area contributed by atoms with Crippen molar-refractivity contribution in [3.63, 3.8) is 0 Å². The number of carbonyl (C=O) groups excluding carboxylic acids is 2. The van der Waals surface area contributed by atoms with E-state index in [0.29, 0.717) is 24.5 Å². The number of benzene rings is 2. The number of anilines is 1. The molecule has 2 aromatic carbocycles. The van der Waals surface area contributed by atoms with E-state index in [1.807, 2.05) is 50.2 Å². The van der Waals surface area contributed by atoms with Crippen molar-refractivity contribution in [3.8, 4) is 0 Å². The number of amides is 3. The minimum absolute atomic E-state index is 0.0182. The Morgan fingerprint density at radius 3 is 2.69 bits per heavy atom. The number of hydrogen-bond donors (Lipinski definition) is 2. The van der Waals surface area contributed by atoms with E-state index in [9.17, 15) is 9.59 Å². The summed E-state index contributed by atoms with van der Waals surface area (Å²) < 4.78 is 0. The summed E-state index contributed by atoms with van der Waals surface area (Å²) in [4.78, 5) is 26.2. The Kier molecular flexibility index (Phi) is 5.47. The minimum Gasteiger partial charge on any atom is -0.334 e. The van der Waals surface area contributed by atoms with Crippen LogP contribution in [0.3, 0.4) is 0 Å². The molecule has 26 heavy (non-hydrogen) atoms. The molecule has 1 fully saturated rings. The van der Waals surface area contributed by atoms with Crippen molar-refractivity contribution in [3.05, 3.63) is 64.2 Å². The van der Waals surface area contributed by atoms with E-state index in [-0.39, 0.29) is 18.0 Å². The first-order valence-corrected chi connectivity index (χ1v) is 8.97. The fraction of sp³-hybridized carbons (Fsp3) is 0.300. The van der Waals surface area contributed by atoms with E-state index in [2.05, 4.69) is 10.6 Å². The van der Waals surface area contributed by atoms with E-state index in [4.69, 9.17) is 11.6 Å². The maximum atomic E-state index is 12.3. The van der Waals surface area contributed by atoms with Crippen molar-refractivity contribution in [1.82, 2.24) is 10.6 Å². The van der Waals surface area contributed by atoms with Gasteiger partial charge in [-0.2, -0.15) is 0 Å². The molecule has 3 rings (SSSR count). The maximum absolute atomic E-state index is 12.3. The van der Waals surface area contributed by atoms with Crippen molar-refractivity contribution in [2.75, 3.05) is 11.4 Å². The number of hydrogen-bond acceptors (Lipinski definition) is 2. The second-order valence-corrected chi connectivity index (χ2v) is 7.00. The monoisotopic (exact) mass is 371 g/mol. The first-order valence-electron chi connectivity index (χ1n) is 8.59. The number of aryl methyl sites for hydroxylation is 2. The second kappa shape index (κ2) is 7.79. The van der Waals surface area contributed by atoms with Gasteiger partial charge in [-0.25, -0.2) is 4.79 Å². The molecule has 0 spiro atoms. The third kappa shape index (κ3) is 4.17. The van der Waals surface area contributed by atoms with Crippen molar-refractivity contribution < 1.29 is 9.59 Å². The van der Waals surface area contributed by atoms with E-state index in [1.165, 1.54) is 5.56 Å². The van der Waals surface area contributed by atoms with E-state index in [0.717, 1.165) is 16.8 Å². The lowest BCUT2D eigenvalue weighted by atomic mass is 10.1. The van der Waals surface area contributed by atoms with Crippen LogP contribution in [0.5, 0.6) is 0 Å². The molecule has 1 aliphatic rings. The molecule has 136 valence electrons. The van der Waals surface area contributed by atoms with Crippen LogP contribution in [0.15, 0.2) is 42.5 Å². The average Bonchev–Trinajstić information content (AvgIpc) is 2.97. The molecule has 1 atom stereocenters. The lowest BCUT2D eigenvalue weighted by Crippen LogP contribution is -2.43. The topological polar surface area (TPSA) is 61.4 Å². The number of rotatable bonds is 4. The summed E-state index contributed by atoms with van der Waals surface area (Å²) >= 11 is 6.08. The predicted molar refractivity (Wildman–Crippen MR) is 103 cm³/mol. The smallest absolute Gasteiger partial charge is 0.315 e. The van der Waals surface area contributed by atoms with Gasteiger partial charge < -0.3 is 15.5 Å². The van der Waals surface area contributed by atoms with Gasteiger partial charge in [0.2, 0.25) is 5.91 Å². The molecule has 1 unspecified atom stereocenters. The normalized spacial score (nSPS) is 16.7. The van der Waals surface area contributed by atoms with Crippen LogP contribution in [-0.2, 0) is 11.3 Å². The first-order chi connectivity index (χ1) is 12.4. The standard InChI is InChI=1S/C20H22ClN3O2/c1-13-7-8-17(9-14(13)2)24-12-16(10-19(24)25)23-20(26)22-11-15-5-3-4-6-18(15)21/h3-9,16H,10-12H2,1-2H3,(H2,22,23,26). The largest absolute Gasteiger partial charge is 0.334 e. The van der Waals surface area contributed by atoms with Crippen LogP contribution in [0.25, 0.3) is 0 Å². The zero-order valence-corrected chi connectivity index (χ0v) is 15.6. The van der Waals surface area contributed by atoms with Crippen LogP contribution < -0.4 is 15.5 Å². The van der Waals surface area contributed by atoms with Crippen molar-refractivity contribution in [2.45, 2.75) is 32.9 Å². The summed E-state index contributed by atoms with van der Waals surface area (Å²) in [6.45, 7) is 4.88. The third-order valence-electron chi connectivity index (χ3n) is 4.66. The van der Waals surface area contributed by atoms with Gasteiger partial charge in [0.15, 0.2) is 0 Å². The molecule has 0 bridgehead atoms. The Balaban J connectivity index is 1.56. The molecule has 0 radical (unpaired) electrons. The molecular formula is C20H22ClN3O2. The van der Waals surface area contributed by atoms with Gasteiger partial charge in [0.1, 0.15) is 0 Å². The fourth-order valence-corrected chi connectivity index (χ4v) is 3.20. The quantitative estimate of drug-likeness (QED) is 0.863. The van der Waals surface area contributed by atoms with E-state index >= 15 is 0 Å². The number of nitrogens with one attached hydrogen (secondary N) is 2. The lowest BCUT2D eigenvalue weighted by molar-refractivity contribution is -0.117. The molecule has 6 heteroatoms. The summed E-state index contributed by atoms with van der Waals surface area (Å²) in [5.41, 5.74) is 4.06. The molecule has 2 aromatic rings. The van der Waals surface area contributed by atoms with Gasteiger partial charge in [0, 0.05) is 30.2 Å². The maximum Gasteiger partial charge on any atom is 0.315 e. The molecule has 0 aromatic heterocycles. The highest BCUT2D eigenvalue weighted by atomic mass is 35.5. The molecule has 2 N–H and O–H groups in total. The first kappa shape index (κ1) is 18.3. The van der Waals surface area contributed by atoms with Gasteiger partial charge in [-0.1, -0.05) is 35.9 Å². The Labute approximate surface area is 158 Å². The van der Waals surface area contributed by atoms with Crippen molar-refractivity contribution in [1.29, 1.82) is 0 Å². The van der Waals surface area contributed by atoms with Gasteiger partial charge >= 0.3 is 6.03 Å². The van der Waals surface area contributed by atoms with Crippen molar-refractivity contribution >= 4 is 29.2 Å². The SMILES string of the molecule is Cc1ccc(N2CC(NC(=O)NCc3ccccc3Cl)CC2=O)cc1C. The van der Waals surface area contributed by atoms with Gasteiger partial charge in [0.25, 0.3) is 0 Å². The van der Waals surface area contributed by atoms with Gasteiger partial charge in [0.05, 0.1) is 6.04 Å². The summed E-state index contributed by atoms with van der Waals surface area (Å²) in [7, 11) is 0. The second-order valence-electron chi connectivity index (χ2n) is 6.59. The van der Waals surface area contributed by atoms with Gasteiger partial charge in [-0.15, -0.1) is 0 Å². The lowest BCUT2D eigenvalue weighted by Gasteiger charge is -2.18. The molecular weight excluding hydrogens is 350 g/mol. The Morgan fingerprint density at radius 1 is 1.19 bits per heavy atom. The van der Waals surface area contributed by atoms with Gasteiger partial charge in [-0.3, -0.25) is 4.79 Å². The number of urea groups is 1. The van der Waals surface area contributed by atoms with Crippen LogP contribution in [-0.4, -0.2) is 24.5 Å². The highest BCUT2D eigenvalue weighted by Gasteiger charge is 2.31. The van der Waals surface area contributed by atoms with Crippen LogP contribution in [0.4, 0.5) is 10.5 Å². The molecule has 1 aliphatic heterocycles. The summed E-state index contributed by atoms with van der Waals surface area (Å²) in [6, 6.07) is 12.8. The number of nitrogens with zero attached hydrogens (tertiary/aromatic N) is 1. The average molecular weight is 372 g/mol. The third-order valence-corrected chi connectivity index (χ3v) is 5.03. The highest BCUT2D eigenvalue weighted by molar-refractivity contribution is 6.31. The molecule has 1 heterocycles.